The van der Waals surface area contributed by atoms with Crippen LogP contribution in [0.25, 0.3) is 0 Å². The molecule has 4 amide bonds. The van der Waals surface area contributed by atoms with Crippen LogP contribution in [0.1, 0.15) is 78.6 Å². The number of amides is 4. The van der Waals surface area contributed by atoms with Gasteiger partial charge in [0.05, 0.1) is 18.2 Å². The van der Waals surface area contributed by atoms with Crippen molar-refractivity contribution in [1.29, 1.82) is 0 Å². The molecule has 2 saturated heterocycles. The molecule has 14 heteroatoms. The van der Waals surface area contributed by atoms with Crippen molar-refractivity contribution in [2.45, 2.75) is 101 Å². The molecule has 0 aromatic heterocycles. The number of hydrogen-bond acceptors (Lipinski definition) is 9. The van der Waals surface area contributed by atoms with Crippen molar-refractivity contribution in [1.82, 2.24) is 19.8 Å². The van der Waals surface area contributed by atoms with E-state index in [2.05, 4.69) is 10.0 Å². The predicted octanol–water partition coefficient (Wildman–Crippen LogP) is 2.76. The Labute approximate surface area is 306 Å². The van der Waals surface area contributed by atoms with E-state index in [9.17, 15) is 32.4 Å². The maximum absolute atomic E-state index is 14.6. The monoisotopic (exact) mass is 739 g/mol. The minimum Gasteiger partial charge on any atom is -0.460 e. The molecule has 1 aromatic carbocycles. The largest absolute Gasteiger partial charge is 0.460 e. The number of likely N-dealkylation sites (tertiary alicyclic amines) is 1. The van der Waals surface area contributed by atoms with E-state index in [1.54, 1.807) is 37.6 Å². The lowest BCUT2D eigenvalue weighted by molar-refractivity contribution is -0.159. The predicted molar refractivity (Wildman–Crippen MR) is 194 cm³/mol. The molecule has 284 valence electrons. The normalized spacial score (nSPS) is 30.5. The average Bonchev–Trinajstić information content (AvgIpc) is 3.97. The molecule has 6 atom stereocenters. The van der Waals surface area contributed by atoms with E-state index in [1.807, 2.05) is 47.4 Å². The lowest BCUT2D eigenvalue weighted by Crippen LogP contribution is -2.58. The molecule has 1 aromatic rings. The Balaban J connectivity index is 1.27. The van der Waals surface area contributed by atoms with Crippen molar-refractivity contribution in [3.05, 3.63) is 42.5 Å². The number of sulfonamides is 1. The maximum atomic E-state index is 14.6. The van der Waals surface area contributed by atoms with Gasteiger partial charge in [0.1, 0.15) is 17.2 Å². The zero-order valence-corrected chi connectivity index (χ0v) is 31.5. The molecule has 0 spiro atoms. The highest BCUT2D eigenvalue weighted by atomic mass is 32.2. The summed E-state index contributed by atoms with van der Waals surface area (Å²) in [5.74, 6) is -3.76. The average molecular weight is 740 g/mol. The molecule has 2 saturated carbocycles. The van der Waals surface area contributed by atoms with Gasteiger partial charge in [-0.1, -0.05) is 43.2 Å². The van der Waals surface area contributed by atoms with Crippen molar-refractivity contribution in [3.63, 3.8) is 0 Å². The molecule has 0 unspecified atom stereocenters. The second-order valence-corrected chi connectivity index (χ2v) is 18.3. The van der Waals surface area contributed by atoms with Gasteiger partial charge in [0, 0.05) is 50.1 Å². The Kier molecular flexibility index (Phi) is 10.9. The number of ether oxygens (including phenoxy) is 1. The molecular formula is C38H53N5O8S. The van der Waals surface area contributed by atoms with Crippen molar-refractivity contribution >= 4 is 45.3 Å². The molecule has 3 aliphatic heterocycles. The molecule has 0 radical (unpaired) electrons. The Hall–Kier alpha value is -3.78. The number of esters is 1. The number of likely N-dealkylation sites (N-methyl/N-ethyl adjacent to an activating group) is 1. The molecule has 13 nitrogen and oxygen atoms in total. The van der Waals surface area contributed by atoms with Crippen LogP contribution >= 0.6 is 0 Å². The number of carbonyl (C=O) groups is 5. The van der Waals surface area contributed by atoms with Crippen LogP contribution in [-0.2, 0) is 38.7 Å². The van der Waals surface area contributed by atoms with E-state index in [-0.39, 0.29) is 49.6 Å². The van der Waals surface area contributed by atoms with Crippen molar-refractivity contribution < 1.29 is 37.1 Å². The van der Waals surface area contributed by atoms with Crippen LogP contribution < -0.4 is 14.9 Å². The third-order valence-electron chi connectivity index (χ3n) is 11.1. The second-order valence-electron chi connectivity index (χ2n) is 16.3. The minimum absolute atomic E-state index is 0.108. The van der Waals surface area contributed by atoms with Gasteiger partial charge in [-0.2, -0.15) is 0 Å². The standard InChI is InChI=1S/C38H53N5O8S/c1-37(2,3)51-32(45)19-25-13-9-6-5-7-10-14-27-20-38(27,36(48)40-52(49,50)29-17-18-29)39-34(46)33-30-23-42(21-26(30)22-43(33)35(25)47)24-31(44)41(4)28-15-11-8-12-16-28/h8,10-12,14-16,25-27,29-30,33H,5-7,9,13,17-24H2,1-4H3,(H,39,46)(H,40,48)/b14-10-/t25-,26-,27+,30-,33-,38+/m0/s1. The van der Waals surface area contributed by atoms with Gasteiger partial charge in [-0.05, 0) is 77.3 Å². The van der Waals surface area contributed by atoms with Gasteiger partial charge in [0.2, 0.25) is 27.7 Å². The summed E-state index contributed by atoms with van der Waals surface area (Å²) in [7, 11) is -2.15. The first-order chi connectivity index (χ1) is 24.6. The molecule has 6 rings (SSSR count). The molecule has 2 aliphatic carbocycles. The van der Waals surface area contributed by atoms with Crippen molar-refractivity contribution in [2.24, 2.45) is 23.7 Å². The van der Waals surface area contributed by atoms with Gasteiger partial charge in [0.25, 0.3) is 5.91 Å². The number of carbonyl (C=O) groups excluding carboxylic acids is 5. The van der Waals surface area contributed by atoms with E-state index in [0.717, 1.165) is 24.9 Å². The van der Waals surface area contributed by atoms with Crippen LogP contribution in [0, 0.1) is 23.7 Å². The molecule has 5 aliphatic rings. The van der Waals surface area contributed by atoms with Crippen LogP contribution in [0.15, 0.2) is 42.5 Å². The number of rotatable bonds is 8. The highest BCUT2D eigenvalue weighted by Gasteiger charge is 2.63. The lowest BCUT2D eigenvalue weighted by atomic mass is 9.92. The molecule has 0 bridgehead atoms. The fourth-order valence-corrected chi connectivity index (χ4v) is 9.47. The van der Waals surface area contributed by atoms with Crippen molar-refractivity contribution in [3.8, 4) is 0 Å². The van der Waals surface area contributed by atoms with Crippen LogP contribution in [-0.4, -0.2) is 103 Å². The lowest BCUT2D eigenvalue weighted by Gasteiger charge is -2.33. The van der Waals surface area contributed by atoms with Gasteiger partial charge in [-0.3, -0.25) is 33.6 Å². The fraction of sp³-hybridized carbons (Fsp3) is 0.658. The molecule has 4 fully saturated rings. The summed E-state index contributed by atoms with van der Waals surface area (Å²) in [5, 5.41) is 2.35. The number of anilines is 1. The second kappa shape index (κ2) is 14.9. The van der Waals surface area contributed by atoms with Gasteiger partial charge >= 0.3 is 5.97 Å². The van der Waals surface area contributed by atoms with Gasteiger partial charge in [-0.15, -0.1) is 0 Å². The SMILES string of the molecule is CN(C(=O)CN1C[C@H]2CN3C(=O)[C@H](CC(=O)OC(C)(C)C)CCCCC/C=C\[C@@H]4C[C@@]4(C(=O)NS(=O)(=O)C4CC4)NC(=O)[C@@H]3[C@H]2C1)c1ccccc1. The number of nitrogens with zero attached hydrogens (tertiary/aromatic N) is 3. The van der Waals surface area contributed by atoms with Gasteiger partial charge in [0.15, 0.2) is 0 Å². The van der Waals surface area contributed by atoms with E-state index in [1.165, 1.54) is 0 Å². The van der Waals surface area contributed by atoms with E-state index in [4.69, 9.17) is 4.74 Å². The summed E-state index contributed by atoms with van der Waals surface area (Å²) in [6.45, 7) is 6.57. The molecule has 52 heavy (non-hydrogen) atoms. The smallest absolute Gasteiger partial charge is 0.307 e. The van der Waals surface area contributed by atoms with Crippen LogP contribution in [0.5, 0.6) is 0 Å². The first-order valence-corrected chi connectivity index (χ1v) is 20.2. The number of allylic oxidation sites excluding steroid dienone is 1. The van der Waals surface area contributed by atoms with Crippen molar-refractivity contribution in [2.75, 3.05) is 38.1 Å². The topological polar surface area (TPSA) is 162 Å². The third kappa shape index (κ3) is 8.54. The quantitative estimate of drug-likeness (QED) is 0.302. The summed E-state index contributed by atoms with van der Waals surface area (Å²) in [6.07, 6.45) is 8.51. The zero-order valence-electron chi connectivity index (χ0n) is 30.7. The zero-order chi connectivity index (χ0) is 37.4. The summed E-state index contributed by atoms with van der Waals surface area (Å²) in [4.78, 5) is 74.4. The Morgan fingerprint density at radius 2 is 1.75 bits per heavy atom. The van der Waals surface area contributed by atoms with E-state index >= 15 is 0 Å². The highest BCUT2D eigenvalue weighted by molar-refractivity contribution is 7.91. The van der Waals surface area contributed by atoms with Crippen LogP contribution in [0.2, 0.25) is 0 Å². The first kappa shape index (κ1) is 38.0. The third-order valence-corrected chi connectivity index (χ3v) is 12.9. The summed E-state index contributed by atoms with van der Waals surface area (Å²) in [6, 6.07) is 8.35. The fourth-order valence-electron chi connectivity index (χ4n) is 8.10. The number of fused-ring (bicyclic) bond motifs is 4. The Bertz CT molecular complexity index is 1690. The molecule has 2 N–H and O–H groups in total. The Morgan fingerprint density at radius 3 is 2.44 bits per heavy atom. The highest BCUT2D eigenvalue weighted by Crippen LogP contribution is 2.47. The maximum Gasteiger partial charge on any atom is 0.307 e. The first-order valence-electron chi connectivity index (χ1n) is 18.7. The summed E-state index contributed by atoms with van der Waals surface area (Å²) in [5.41, 5.74) is -1.43. The molecule has 3 heterocycles. The van der Waals surface area contributed by atoms with Gasteiger partial charge < -0.3 is 19.9 Å². The van der Waals surface area contributed by atoms with Crippen LogP contribution in [0.4, 0.5) is 5.69 Å². The van der Waals surface area contributed by atoms with Crippen LogP contribution in [0.3, 0.4) is 0 Å². The van der Waals surface area contributed by atoms with E-state index in [0.29, 0.717) is 38.8 Å². The minimum atomic E-state index is -3.87. The number of hydrogen-bond donors (Lipinski definition) is 2. The summed E-state index contributed by atoms with van der Waals surface area (Å²) < 4.78 is 33.6. The Morgan fingerprint density at radius 1 is 1.02 bits per heavy atom. The van der Waals surface area contributed by atoms with E-state index < -0.39 is 62.1 Å². The number of nitrogens with one attached hydrogen (secondary N) is 2. The molecular weight excluding hydrogens is 687 g/mol. The number of para-hydroxylation sites is 1. The van der Waals surface area contributed by atoms with Gasteiger partial charge in [-0.25, -0.2) is 8.42 Å². The number of benzene rings is 1. The summed E-state index contributed by atoms with van der Waals surface area (Å²) >= 11 is 0.